The molecule has 0 bridgehead atoms. The van der Waals surface area contributed by atoms with E-state index in [0.29, 0.717) is 39.8 Å². The first-order chi connectivity index (χ1) is 14.8. The number of hydrazine groups is 1. The standard InChI is InChI=1S/C23H22ClN3O4/c1-13-20(15(3)28)14(2)25-21(13)23(30)27-26-22(29)17-6-4-16(5-7-17)12-31-19-10-8-18(24)9-11-19/h4-11,25H,12H2,1-3H3,(H,26,29)(H,27,30). The Morgan fingerprint density at radius 3 is 2.13 bits per heavy atom. The van der Waals surface area contributed by atoms with Crippen LogP contribution in [-0.2, 0) is 6.61 Å². The second-order valence-electron chi connectivity index (χ2n) is 7.03. The molecular formula is C23H22ClN3O4. The molecule has 0 unspecified atom stereocenters. The largest absolute Gasteiger partial charge is 0.489 e. The highest BCUT2D eigenvalue weighted by Crippen LogP contribution is 2.19. The number of carbonyl (C=O) groups excluding carboxylic acids is 3. The molecule has 3 rings (SSSR count). The van der Waals surface area contributed by atoms with Crippen molar-refractivity contribution in [2.24, 2.45) is 0 Å². The number of aryl methyl sites for hydroxylation is 1. The molecule has 3 aromatic rings. The predicted molar refractivity (Wildman–Crippen MR) is 117 cm³/mol. The Labute approximate surface area is 184 Å². The molecule has 1 aromatic heterocycles. The van der Waals surface area contributed by atoms with Crippen molar-refractivity contribution in [3.05, 3.63) is 87.2 Å². The van der Waals surface area contributed by atoms with Crippen LogP contribution in [-0.4, -0.2) is 22.6 Å². The molecule has 0 fully saturated rings. The van der Waals surface area contributed by atoms with Gasteiger partial charge in [-0.1, -0.05) is 23.7 Å². The van der Waals surface area contributed by atoms with Gasteiger partial charge in [0.05, 0.1) is 0 Å². The molecule has 0 aliphatic carbocycles. The second-order valence-corrected chi connectivity index (χ2v) is 7.47. The highest BCUT2D eigenvalue weighted by Gasteiger charge is 2.20. The van der Waals surface area contributed by atoms with Crippen molar-refractivity contribution in [3.8, 4) is 5.75 Å². The van der Waals surface area contributed by atoms with Gasteiger partial charge < -0.3 is 9.72 Å². The van der Waals surface area contributed by atoms with Gasteiger partial charge in [-0.2, -0.15) is 0 Å². The topological polar surface area (TPSA) is 100 Å². The maximum atomic E-state index is 12.4. The first kappa shape index (κ1) is 22.1. The van der Waals surface area contributed by atoms with Crippen LogP contribution in [0.15, 0.2) is 48.5 Å². The van der Waals surface area contributed by atoms with Gasteiger partial charge in [-0.3, -0.25) is 25.2 Å². The van der Waals surface area contributed by atoms with Crippen LogP contribution in [0.25, 0.3) is 0 Å². The molecule has 0 saturated heterocycles. The fourth-order valence-electron chi connectivity index (χ4n) is 3.20. The summed E-state index contributed by atoms with van der Waals surface area (Å²) in [6.45, 7) is 5.18. The van der Waals surface area contributed by atoms with Gasteiger partial charge >= 0.3 is 0 Å². The van der Waals surface area contributed by atoms with Crippen molar-refractivity contribution < 1.29 is 19.1 Å². The first-order valence-corrected chi connectivity index (χ1v) is 9.92. The number of ketones is 1. The summed E-state index contributed by atoms with van der Waals surface area (Å²) in [6, 6.07) is 13.9. The molecule has 0 aliphatic rings. The summed E-state index contributed by atoms with van der Waals surface area (Å²) in [5, 5.41) is 0.635. The van der Waals surface area contributed by atoms with Gasteiger partial charge in [-0.15, -0.1) is 0 Å². The first-order valence-electron chi connectivity index (χ1n) is 9.54. The molecule has 31 heavy (non-hydrogen) atoms. The minimum absolute atomic E-state index is 0.130. The van der Waals surface area contributed by atoms with Gasteiger partial charge in [0, 0.05) is 21.8 Å². The smallest absolute Gasteiger partial charge is 0.286 e. The minimum atomic E-state index is -0.533. The number of rotatable bonds is 6. The van der Waals surface area contributed by atoms with Crippen LogP contribution < -0.4 is 15.6 Å². The fourth-order valence-corrected chi connectivity index (χ4v) is 3.33. The van der Waals surface area contributed by atoms with Crippen LogP contribution in [0.1, 0.15) is 54.9 Å². The van der Waals surface area contributed by atoms with E-state index in [4.69, 9.17) is 16.3 Å². The molecule has 0 saturated carbocycles. The van der Waals surface area contributed by atoms with E-state index in [2.05, 4.69) is 15.8 Å². The van der Waals surface area contributed by atoms with Crippen LogP contribution in [0.2, 0.25) is 5.02 Å². The molecule has 0 radical (unpaired) electrons. The lowest BCUT2D eigenvalue weighted by Gasteiger charge is -2.09. The van der Waals surface area contributed by atoms with Crippen LogP contribution in [0, 0.1) is 13.8 Å². The molecule has 0 spiro atoms. The van der Waals surface area contributed by atoms with Crippen LogP contribution in [0.5, 0.6) is 5.75 Å². The number of ether oxygens (including phenoxy) is 1. The summed E-state index contributed by atoms with van der Waals surface area (Å²) in [6.07, 6.45) is 0. The number of hydrogen-bond acceptors (Lipinski definition) is 4. The number of amides is 2. The molecule has 2 amide bonds. The number of aromatic amines is 1. The van der Waals surface area contributed by atoms with E-state index >= 15 is 0 Å². The van der Waals surface area contributed by atoms with E-state index in [1.165, 1.54) is 6.92 Å². The van der Waals surface area contributed by atoms with Crippen molar-refractivity contribution in [3.63, 3.8) is 0 Å². The number of hydrogen-bond donors (Lipinski definition) is 3. The van der Waals surface area contributed by atoms with Gasteiger partial charge in [-0.25, -0.2) is 0 Å². The number of aromatic nitrogens is 1. The number of carbonyl (C=O) groups is 3. The van der Waals surface area contributed by atoms with Gasteiger partial charge in [0.2, 0.25) is 0 Å². The van der Waals surface area contributed by atoms with Gasteiger partial charge in [-0.05, 0) is 68.3 Å². The maximum absolute atomic E-state index is 12.4. The van der Waals surface area contributed by atoms with Gasteiger partial charge in [0.1, 0.15) is 18.1 Å². The van der Waals surface area contributed by atoms with Crippen LogP contribution in [0.4, 0.5) is 0 Å². The van der Waals surface area contributed by atoms with Crippen molar-refractivity contribution in [2.45, 2.75) is 27.4 Å². The number of nitrogens with one attached hydrogen (secondary N) is 3. The van der Waals surface area contributed by atoms with Crippen molar-refractivity contribution in [1.29, 1.82) is 0 Å². The third-order valence-corrected chi connectivity index (χ3v) is 4.99. The quantitative estimate of drug-likeness (QED) is 0.397. The van der Waals surface area contributed by atoms with E-state index in [1.807, 2.05) is 0 Å². The summed E-state index contributed by atoms with van der Waals surface area (Å²) in [4.78, 5) is 39.3. The zero-order valence-electron chi connectivity index (χ0n) is 17.3. The fraction of sp³-hybridized carbons (Fsp3) is 0.174. The third kappa shape index (κ3) is 5.32. The van der Waals surface area contributed by atoms with Crippen molar-refractivity contribution >= 4 is 29.2 Å². The number of Topliss-reactive ketones (excluding diaryl/α,β-unsaturated/α-hetero) is 1. The van der Waals surface area contributed by atoms with Crippen molar-refractivity contribution in [1.82, 2.24) is 15.8 Å². The normalized spacial score (nSPS) is 10.5. The van der Waals surface area contributed by atoms with E-state index < -0.39 is 11.8 Å². The second kappa shape index (κ2) is 9.49. The van der Waals surface area contributed by atoms with E-state index in [1.54, 1.807) is 62.4 Å². The lowest BCUT2D eigenvalue weighted by Crippen LogP contribution is -2.42. The molecule has 0 atom stereocenters. The molecule has 0 aliphatic heterocycles. The lowest BCUT2D eigenvalue weighted by atomic mass is 10.1. The summed E-state index contributed by atoms with van der Waals surface area (Å²) in [5.74, 6) is -0.438. The lowest BCUT2D eigenvalue weighted by molar-refractivity contribution is 0.0843. The monoisotopic (exact) mass is 439 g/mol. The number of halogens is 1. The SMILES string of the molecule is CC(=O)c1c(C)[nH]c(C(=O)NNC(=O)c2ccc(COc3ccc(Cl)cc3)cc2)c1C. The highest BCUT2D eigenvalue weighted by atomic mass is 35.5. The van der Waals surface area contributed by atoms with Gasteiger partial charge in [0.25, 0.3) is 11.8 Å². The Balaban J connectivity index is 1.56. The van der Waals surface area contributed by atoms with Crippen LogP contribution >= 0.6 is 11.6 Å². The minimum Gasteiger partial charge on any atom is -0.489 e. The molecule has 160 valence electrons. The summed E-state index contributed by atoms with van der Waals surface area (Å²) in [7, 11) is 0. The Bertz CT molecular complexity index is 1120. The summed E-state index contributed by atoms with van der Waals surface area (Å²) >= 11 is 5.85. The Morgan fingerprint density at radius 2 is 1.55 bits per heavy atom. The van der Waals surface area contributed by atoms with Crippen LogP contribution in [0.3, 0.4) is 0 Å². The number of H-pyrrole nitrogens is 1. The van der Waals surface area contributed by atoms with E-state index in [9.17, 15) is 14.4 Å². The maximum Gasteiger partial charge on any atom is 0.286 e. The third-order valence-electron chi connectivity index (χ3n) is 4.74. The zero-order chi connectivity index (χ0) is 22.5. The van der Waals surface area contributed by atoms with Gasteiger partial charge in [0.15, 0.2) is 5.78 Å². The highest BCUT2D eigenvalue weighted by molar-refractivity contribution is 6.30. The molecule has 3 N–H and O–H groups in total. The molecule has 7 nitrogen and oxygen atoms in total. The van der Waals surface area contributed by atoms with Crippen molar-refractivity contribution in [2.75, 3.05) is 0 Å². The summed E-state index contributed by atoms with van der Waals surface area (Å²) in [5.41, 5.74) is 7.86. The number of benzene rings is 2. The molecule has 1 heterocycles. The predicted octanol–water partition coefficient (Wildman–Crippen LogP) is 4.14. The summed E-state index contributed by atoms with van der Waals surface area (Å²) < 4.78 is 5.67. The molecule has 8 heteroatoms. The van der Waals surface area contributed by atoms with E-state index in [-0.39, 0.29) is 11.5 Å². The average molecular weight is 440 g/mol. The Hall–Kier alpha value is -3.58. The molecular weight excluding hydrogens is 418 g/mol. The Morgan fingerprint density at radius 1 is 0.935 bits per heavy atom. The molecule has 2 aromatic carbocycles. The average Bonchev–Trinajstić information content (AvgIpc) is 3.06. The van der Waals surface area contributed by atoms with E-state index in [0.717, 1.165) is 5.56 Å². The zero-order valence-corrected chi connectivity index (χ0v) is 18.1. The Kier molecular flexibility index (Phi) is 6.77.